The second-order valence-electron chi connectivity index (χ2n) is 9.79. The van der Waals surface area contributed by atoms with Gasteiger partial charge >= 0.3 is 5.97 Å². The number of halogens is 1. The molecule has 0 saturated carbocycles. The van der Waals surface area contributed by atoms with E-state index < -0.39 is 5.97 Å². The smallest absolute Gasteiger partial charge is 0.339 e. The van der Waals surface area contributed by atoms with Crippen molar-refractivity contribution in [2.75, 3.05) is 12.4 Å². The van der Waals surface area contributed by atoms with E-state index in [9.17, 15) is 9.59 Å². The Hall–Kier alpha value is -3.68. The van der Waals surface area contributed by atoms with Crippen LogP contribution in [0.5, 0.6) is 0 Å². The monoisotopic (exact) mass is 559 g/mol. The van der Waals surface area contributed by atoms with Crippen molar-refractivity contribution >= 4 is 52.4 Å². The van der Waals surface area contributed by atoms with Crippen LogP contribution in [0.2, 0.25) is 5.02 Å². The average molecular weight is 560 g/mol. The number of carbonyl (C=O) groups is 2. The van der Waals surface area contributed by atoms with E-state index in [4.69, 9.17) is 16.3 Å². The molecule has 8 heteroatoms. The minimum absolute atomic E-state index is 0.0764. The van der Waals surface area contributed by atoms with E-state index in [-0.39, 0.29) is 11.5 Å². The molecule has 1 aliphatic rings. The van der Waals surface area contributed by atoms with Crippen LogP contribution >= 0.6 is 22.9 Å². The van der Waals surface area contributed by atoms with Gasteiger partial charge in [0.15, 0.2) is 0 Å². The van der Waals surface area contributed by atoms with Gasteiger partial charge in [0.1, 0.15) is 5.00 Å². The van der Waals surface area contributed by atoms with Crippen LogP contribution in [0.15, 0.2) is 53.5 Å². The summed E-state index contributed by atoms with van der Waals surface area (Å²) in [6.45, 7) is 6.11. The number of benzene rings is 2. The molecule has 0 saturated heterocycles. The van der Waals surface area contributed by atoms with E-state index in [1.807, 2.05) is 45.0 Å². The number of hydrogen-bond acceptors (Lipinski definition) is 5. The SMILES string of the molecule is COC(=O)c1cc(N=Cc2cc(C)n(-c3sc4c(c3C(=O)Nc3ccc(C)cc3)CCCC4)c2C)ccc1Cl. The Balaban J connectivity index is 1.52. The maximum absolute atomic E-state index is 13.7. The zero-order valence-corrected chi connectivity index (χ0v) is 24.0. The van der Waals surface area contributed by atoms with Crippen LogP contribution in [0.1, 0.15) is 66.5 Å². The van der Waals surface area contributed by atoms with E-state index in [0.29, 0.717) is 10.7 Å². The molecular formula is C31H30ClN3O3S. The second-order valence-corrected chi connectivity index (χ2v) is 11.3. The number of anilines is 1. The first-order chi connectivity index (χ1) is 18.8. The number of rotatable bonds is 6. The predicted molar refractivity (Wildman–Crippen MR) is 159 cm³/mol. The van der Waals surface area contributed by atoms with Gasteiger partial charge in [-0.15, -0.1) is 11.3 Å². The van der Waals surface area contributed by atoms with E-state index in [0.717, 1.165) is 64.4 Å². The number of ether oxygens (including phenoxy) is 1. The number of thiophene rings is 1. The molecular weight excluding hydrogens is 530 g/mol. The first kappa shape index (κ1) is 26.9. The molecule has 6 nitrogen and oxygen atoms in total. The summed E-state index contributed by atoms with van der Waals surface area (Å²) in [7, 11) is 1.32. The van der Waals surface area contributed by atoms with Gasteiger partial charge in [0, 0.05) is 33.7 Å². The third-order valence-corrected chi connectivity index (χ3v) is 8.68. The maximum atomic E-state index is 13.7. The number of aromatic nitrogens is 1. The zero-order chi connectivity index (χ0) is 27.7. The Labute approximate surface area is 237 Å². The third-order valence-electron chi connectivity index (χ3n) is 7.07. The molecule has 2 heterocycles. The van der Waals surface area contributed by atoms with Gasteiger partial charge in [0.05, 0.1) is 28.9 Å². The van der Waals surface area contributed by atoms with Crippen LogP contribution < -0.4 is 5.32 Å². The molecule has 2 aromatic carbocycles. The molecule has 1 aliphatic carbocycles. The highest BCUT2D eigenvalue weighted by atomic mass is 35.5. The van der Waals surface area contributed by atoms with Crippen LogP contribution in [-0.2, 0) is 17.6 Å². The van der Waals surface area contributed by atoms with Crippen molar-refractivity contribution in [2.24, 2.45) is 4.99 Å². The van der Waals surface area contributed by atoms with Gasteiger partial charge in [0.25, 0.3) is 5.91 Å². The van der Waals surface area contributed by atoms with Gasteiger partial charge in [-0.2, -0.15) is 0 Å². The standard InChI is InChI=1S/C31H30ClN3O3S/c1-18-9-11-22(12-10-18)34-29(36)28-24-7-5-6-8-27(24)39-30(28)35-19(2)15-21(20(35)3)17-33-23-13-14-26(32)25(16-23)31(37)38-4/h9-17H,5-8H2,1-4H3,(H,34,36). The van der Waals surface area contributed by atoms with Crippen LogP contribution in [0.4, 0.5) is 11.4 Å². The lowest BCUT2D eigenvalue weighted by Crippen LogP contribution is -2.17. The quantitative estimate of drug-likeness (QED) is 0.193. The molecule has 200 valence electrons. The maximum Gasteiger partial charge on any atom is 0.339 e. The van der Waals surface area contributed by atoms with Crippen molar-refractivity contribution in [3.05, 3.63) is 97.6 Å². The van der Waals surface area contributed by atoms with Crippen molar-refractivity contribution in [3.63, 3.8) is 0 Å². The van der Waals surface area contributed by atoms with E-state index in [1.165, 1.54) is 17.6 Å². The Morgan fingerprint density at radius 2 is 1.79 bits per heavy atom. The number of methoxy groups -OCH3 is 1. The van der Waals surface area contributed by atoms with Gasteiger partial charge in [-0.1, -0.05) is 29.3 Å². The number of nitrogens with zero attached hydrogens (tertiary/aromatic N) is 2. The molecule has 0 bridgehead atoms. The largest absolute Gasteiger partial charge is 0.465 e. The number of esters is 1. The first-order valence-electron chi connectivity index (χ1n) is 12.9. The molecule has 0 spiro atoms. The molecule has 1 amide bonds. The fourth-order valence-corrected chi connectivity index (χ4v) is 6.70. The summed E-state index contributed by atoms with van der Waals surface area (Å²) in [6.07, 6.45) is 5.92. The predicted octanol–water partition coefficient (Wildman–Crippen LogP) is 7.79. The van der Waals surface area contributed by atoms with Gasteiger partial charge in [-0.25, -0.2) is 4.79 Å². The lowest BCUT2D eigenvalue weighted by molar-refractivity contribution is 0.0601. The summed E-state index contributed by atoms with van der Waals surface area (Å²) in [6, 6.07) is 15.0. The van der Waals surface area contributed by atoms with Crippen molar-refractivity contribution < 1.29 is 14.3 Å². The number of carbonyl (C=O) groups excluding carboxylic acids is 2. The molecule has 4 aromatic rings. The van der Waals surface area contributed by atoms with E-state index in [1.54, 1.807) is 35.8 Å². The first-order valence-corrected chi connectivity index (χ1v) is 14.1. The molecule has 0 aliphatic heterocycles. The minimum atomic E-state index is -0.506. The molecule has 0 unspecified atom stereocenters. The van der Waals surface area contributed by atoms with Gasteiger partial charge in [-0.3, -0.25) is 9.79 Å². The van der Waals surface area contributed by atoms with E-state index >= 15 is 0 Å². The summed E-state index contributed by atoms with van der Waals surface area (Å²) in [5.74, 6) is -0.583. The number of amides is 1. The number of fused-ring (bicyclic) bond motifs is 1. The summed E-state index contributed by atoms with van der Waals surface area (Å²) in [5, 5.41) is 4.39. The molecule has 2 aromatic heterocycles. The fraction of sp³-hybridized carbons (Fsp3) is 0.258. The van der Waals surface area contributed by atoms with Crippen molar-refractivity contribution in [1.82, 2.24) is 4.57 Å². The Bertz CT molecular complexity index is 1600. The van der Waals surface area contributed by atoms with Crippen LogP contribution in [0.3, 0.4) is 0 Å². The summed E-state index contributed by atoms with van der Waals surface area (Å²) < 4.78 is 6.98. The molecule has 39 heavy (non-hydrogen) atoms. The normalized spacial score (nSPS) is 12.9. The minimum Gasteiger partial charge on any atom is -0.465 e. The van der Waals surface area contributed by atoms with Gasteiger partial charge in [-0.05, 0) is 88.4 Å². The summed E-state index contributed by atoms with van der Waals surface area (Å²) in [4.78, 5) is 31.6. The zero-order valence-electron chi connectivity index (χ0n) is 22.4. The van der Waals surface area contributed by atoms with Gasteiger partial charge < -0.3 is 14.6 Å². The van der Waals surface area contributed by atoms with Crippen molar-refractivity contribution in [1.29, 1.82) is 0 Å². The highest BCUT2D eigenvalue weighted by molar-refractivity contribution is 7.15. The second kappa shape index (κ2) is 11.2. The Kier molecular flexibility index (Phi) is 7.73. The topological polar surface area (TPSA) is 72.7 Å². The van der Waals surface area contributed by atoms with Crippen LogP contribution in [0, 0.1) is 20.8 Å². The average Bonchev–Trinajstić information content (AvgIpc) is 3.44. The van der Waals surface area contributed by atoms with Crippen LogP contribution in [0.25, 0.3) is 5.00 Å². The lowest BCUT2D eigenvalue weighted by atomic mass is 9.95. The molecule has 5 rings (SSSR count). The molecule has 0 radical (unpaired) electrons. The number of nitrogens with one attached hydrogen (secondary N) is 1. The number of aryl methyl sites for hydroxylation is 3. The lowest BCUT2D eigenvalue weighted by Gasteiger charge is -2.14. The number of hydrogen-bond donors (Lipinski definition) is 1. The van der Waals surface area contributed by atoms with Gasteiger partial charge in [0.2, 0.25) is 0 Å². The third kappa shape index (κ3) is 5.42. The molecule has 0 atom stereocenters. The highest BCUT2D eigenvalue weighted by Crippen LogP contribution is 2.39. The van der Waals surface area contributed by atoms with Crippen molar-refractivity contribution in [3.8, 4) is 5.00 Å². The Morgan fingerprint density at radius 3 is 2.54 bits per heavy atom. The molecule has 1 N–H and O–H groups in total. The summed E-state index contributed by atoms with van der Waals surface area (Å²) in [5.41, 5.74) is 7.67. The summed E-state index contributed by atoms with van der Waals surface area (Å²) >= 11 is 7.87. The fourth-order valence-electron chi connectivity index (χ4n) is 5.01. The van der Waals surface area contributed by atoms with E-state index in [2.05, 4.69) is 20.9 Å². The highest BCUT2D eigenvalue weighted by Gasteiger charge is 2.28. The number of aliphatic imine (C=N–C) groups is 1. The Morgan fingerprint density at radius 1 is 1.05 bits per heavy atom. The molecule has 0 fully saturated rings. The van der Waals surface area contributed by atoms with Crippen molar-refractivity contribution in [2.45, 2.75) is 46.5 Å². The van der Waals surface area contributed by atoms with Crippen LogP contribution in [-0.4, -0.2) is 29.8 Å².